The Kier molecular flexibility index (Phi) is 2.65. The van der Waals surface area contributed by atoms with Gasteiger partial charge in [0.15, 0.2) is 0 Å². The fourth-order valence-corrected chi connectivity index (χ4v) is 2.16. The van der Waals surface area contributed by atoms with Crippen LogP contribution in [0.3, 0.4) is 0 Å². The Morgan fingerprint density at radius 1 is 1.06 bits per heavy atom. The van der Waals surface area contributed by atoms with Crippen molar-refractivity contribution in [1.29, 1.82) is 0 Å². The van der Waals surface area contributed by atoms with Gasteiger partial charge < -0.3 is 10.2 Å². The van der Waals surface area contributed by atoms with Crippen LogP contribution in [0.5, 0.6) is 0 Å². The zero-order valence-corrected chi connectivity index (χ0v) is 10.3. The lowest BCUT2D eigenvalue weighted by molar-refractivity contribution is 0.631. The Morgan fingerprint density at radius 2 is 1.94 bits per heavy atom. The lowest BCUT2D eigenvalue weighted by Crippen LogP contribution is -1.95. The van der Waals surface area contributed by atoms with Crippen LogP contribution in [0.25, 0.3) is 22.3 Å². The van der Waals surface area contributed by atoms with Gasteiger partial charge in [-0.1, -0.05) is 29.8 Å². The van der Waals surface area contributed by atoms with E-state index in [4.69, 9.17) is 10.2 Å². The molecule has 0 aliphatic heterocycles. The van der Waals surface area contributed by atoms with Gasteiger partial charge >= 0.3 is 0 Å². The normalized spacial score (nSPS) is 11.0. The smallest absolute Gasteiger partial charge is 0.135 e. The summed E-state index contributed by atoms with van der Waals surface area (Å²) in [7, 11) is 0. The highest BCUT2D eigenvalue weighted by molar-refractivity contribution is 5.83. The predicted octanol–water partition coefficient (Wildman–Crippen LogP) is 3.87. The topological polar surface area (TPSA) is 39.2 Å². The second-order valence-corrected chi connectivity index (χ2v) is 4.56. The van der Waals surface area contributed by atoms with Crippen molar-refractivity contribution in [3.8, 4) is 11.3 Å². The third kappa shape index (κ3) is 1.91. The molecule has 0 saturated carbocycles. The maximum atomic E-state index is 5.87. The number of rotatable bonds is 2. The average Bonchev–Trinajstić information content (AvgIpc) is 2.81. The molecule has 2 aromatic carbocycles. The Bertz CT molecular complexity index is 697. The van der Waals surface area contributed by atoms with Crippen molar-refractivity contribution < 1.29 is 4.42 Å². The third-order valence-electron chi connectivity index (χ3n) is 3.12. The second-order valence-electron chi connectivity index (χ2n) is 4.56. The summed E-state index contributed by atoms with van der Waals surface area (Å²) in [6, 6.07) is 16.4. The molecule has 0 amide bonds. The van der Waals surface area contributed by atoms with E-state index >= 15 is 0 Å². The Balaban J connectivity index is 2.13. The first-order valence-corrected chi connectivity index (χ1v) is 6.06. The summed E-state index contributed by atoms with van der Waals surface area (Å²) in [4.78, 5) is 0. The summed E-state index contributed by atoms with van der Waals surface area (Å²) in [5.74, 6) is 0.894. The van der Waals surface area contributed by atoms with Gasteiger partial charge in [0.2, 0.25) is 0 Å². The molecule has 0 fully saturated rings. The van der Waals surface area contributed by atoms with Gasteiger partial charge in [-0.2, -0.15) is 0 Å². The van der Waals surface area contributed by atoms with Crippen molar-refractivity contribution in [2.75, 3.05) is 0 Å². The maximum absolute atomic E-state index is 5.87. The van der Waals surface area contributed by atoms with E-state index in [1.54, 1.807) is 0 Å². The van der Waals surface area contributed by atoms with E-state index in [1.807, 2.05) is 24.3 Å². The quantitative estimate of drug-likeness (QED) is 0.735. The molecule has 2 heteroatoms. The van der Waals surface area contributed by atoms with E-state index in [0.29, 0.717) is 6.54 Å². The monoisotopic (exact) mass is 237 g/mol. The van der Waals surface area contributed by atoms with Crippen LogP contribution in [0.1, 0.15) is 11.1 Å². The van der Waals surface area contributed by atoms with Crippen LogP contribution in [-0.4, -0.2) is 0 Å². The van der Waals surface area contributed by atoms with Gasteiger partial charge in [-0.3, -0.25) is 0 Å². The van der Waals surface area contributed by atoms with Crippen LogP contribution in [0.15, 0.2) is 52.9 Å². The second kappa shape index (κ2) is 4.31. The van der Waals surface area contributed by atoms with Gasteiger partial charge in [-0.15, -0.1) is 0 Å². The molecule has 0 saturated heterocycles. The molecule has 18 heavy (non-hydrogen) atoms. The van der Waals surface area contributed by atoms with E-state index in [2.05, 4.69) is 31.2 Å². The van der Waals surface area contributed by atoms with Gasteiger partial charge in [0.1, 0.15) is 11.3 Å². The molecule has 3 aromatic rings. The van der Waals surface area contributed by atoms with Crippen LogP contribution in [0.4, 0.5) is 0 Å². The zero-order chi connectivity index (χ0) is 12.5. The van der Waals surface area contributed by atoms with Gasteiger partial charge in [0.25, 0.3) is 0 Å². The highest BCUT2D eigenvalue weighted by Gasteiger charge is 2.06. The summed E-state index contributed by atoms with van der Waals surface area (Å²) in [6.07, 6.45) is 0. The molecule has 1 aromatic heterocycles. The Labute approximate surface area is 106 Å². The molecule has 0 spiro atoms. The van der Waals surface area contributed by atoms with Gasteiger partial charge in [0.05, 0.1) is 0 Å². The molecule has 0 aliphatic rings. The summed E-state index contributed by atoms with van der Waals surface area (Å²) in [6.45, 7) is 2.63. The fourth-order valence-electron chi connectivity index (χ4n) is 2.16. The van der Waals surface area contributed by atoms with E-state index < -0.39 is 0 Å². The molecule has 1 heterocycles. The van der Waals surface area contributed by atoms with Crippen molar-refractivity contribution in [3.05, 3.63) is 59.7 Å². The van der Waals surface area contributed by atoms with Crippen LogP contribution < -0.4 is 5.73 Å². The molecule has 0 atom stereocenters. The first kappa shape index (κ1) is 11.1. The Morgan fingerprint density at radius 3 is 2.78 bits per heavy atom. The SMILES string of the molecule is Cc1ccc2oc(-c3cccc(CN)c3)cc2c1. The highest BCUT2D eigenvalue weighted by atomic mass is 16.3. The van der Waals surface area contributed by atoms with Crippen LogP contribution in [-0.2, 0) is 6.54 Å². The molecule has 2 nitrogen and oxygen atoms in total. The van der Waals surface area contributed by atoms with Crippen molar-refractivity contribution >= 4 is 11.0 Å². The average molecular weight is 237 g/mol. The molecular weight excluding hydrogens is 222 g/mol. The summed E-state index contributed by atoms with van der Waals surface area (Å²) < 4.78 is 5.87. The lowest BCUT2D eigenvalue weighted by Gasteiger charge is -1.99. The van der Waals surface area contributed by atoms with Crippen molar-refractivity contribution in [1.82, 2.24) is 0 Å². The molecule has 3 rings (SSSR count). The minimum Gasteiger partial charge on any atom is -0.456 e. The standard InChI is InChI=1S/C16H15NO/c1-11-5-6-15-14(7-11)9-16(18-15)13-4-2-3-12(8-13)10-17/h2-9H,10,17H2,1H3. The number of furan rings is 1. The van der Waals surface area contributed by atoms with Crippen LogP contribution >= 0.6 is 0 Å². The first-order chi connectivity index (χ1) is 8.76. The molecule has 0 bridgehead atoms. The minimum atomic E-state index is 0.549. The summed E-state index contributed by atoms with van der Waals surface area (Å²) in [5, 5.41) is 1.14. The first-order valence-electron chi connectivity index (χ1n) is 6.06. The Hall–Kier alpha value is -2.06. The van der Waals surface area contributed by atoms with Crippen molar-refractivity contribution in [2.45, 2.75) is 13.5 Å². The highest BCUT2D eigenvalue weighted by Crippen LogP contribution is 2.28. The van der Waals surface area contributed by atoms with Crippen LogP contribution in [0.2, 0.25) is 0 Å². The van der Waals surface area contributed by atoms with Crippen LogP contribution in [0, 0.1) is 6.92 Å². The fraction of sp³-hybridized carbons (Fsp3) is 0.125. The third-order valence-corrected chi connectivity index (χ3v) is 3.12. The van der Waals surface area contributed by atoms with Gasteiger partial charge in [-0.25, -0.2) is 0 Å². The molecule has 0 aliphatic carbocycles. The van der Waals surface area contributed by atoms with Gasteiger partial charge in [-0.05, 0) is 36.8 Å². The van der Waals surface area contributed by atoms with Crippen molar-refractivity contribution in [2.24, 2.45) is 5.73 Å². The van der Waals surface area contributed by atoms with Gasteiger partial charge in [0, 0.05) is 17.5 Å². The van der Waals surface area contributed by atoms with Crippen molar-refractivity contribution in [3.63, 3.8) is 0 Å². The van der Waals surface area contributed by atoms with E-state index in [9.17, 15) is 0 Å². The largest absolute Gasteiger partial charge is 0.456 e. The number of hydrogen-bond acceptors (Lipinski definition) is 2. The molecule has 0 unspecified atom stereocenters. The maximum Gasteiger partial charge on any atom is 0.135 e. The predicted molar refractivity (Wildman–Crippen MR) is 74.3 cm³/mol. The molecule has 0 radical (unpaired) electrons. The minimum absolute atomic E-state index is 0.549. The number of nitrogens with two attached hydrogens (primary N) is 1. The molecule has 90 valence electrons. The zero-order valence-electron chi connectivity index (χ0n) is 10.3. The van der Waals surface area contributed by atoms with E-state index in [0.717, 1.165) is 27.9 Å². The molecule has 2 N–H and O–H groups in total. The number of fused-ring (bicyclic) bond motifs is 1. The summed E-state index contributed by atoms with van der Waals surface area (Å²) in [5.41, 5.74) is 10.0. The number of hydrogen-bond donors (Lipinski definition) is 1. The number of benzene rings is 2. The number of aryl methyl sites for hydroxylation is 1. The van der Waals surface area contributed by atoms with E-state index in [1.165, 1.54) is 5.56 Å². The summed E-state index contributed by atoms with van der Waals surface area (Å²) >= 11 is 0. The molecular formula is C16H15NO. The van der Waals surface area contributed by atoms with E-state index in [-0.39, 0.29) is 0 Å². The lowest BCUT2D eigenvalue weighted by atomic mass is 10.1.